The van der Waals surface area contributed by atoms with Gasteiger partial charge in [0, 0.05) is 18.2 Å². The van der Waals surface area contributed by atoms with Crippen LogP contribution in [0.25, 0.3) is 0 Å². The smallest absolute Gasteiger partial charge is 0.494 e. The molecule has 13 heavy (non-hydrogen) atoms. The van der Waals surface area contributed by atoms with Crippen LogP contribution in [0.4, 0.5) is 0 Å². The zero-order chi connectivity index (χ0) is 9.84. The lowest BCUT2D eigenvalue weighted by atomic mass is 9.78. The lowest BCUT2D eigenvalue weighted by molar-refractivity contribution is 0.401. The van der Waals surface area contributed by atoms with Gasteiger partial charge in [-0.2, -0.15) is 0 Å². The summed E-state index contributed by atoms with van der Waals surface area (Å²) in [5, 5.41) is 18.1. The first-order valence-electron chi connectivity index (χ1n) is 3.78. The van der Waals surface area contributed by atoms with E-state index in [0.29, 0.717) is 11.4 Å². The fraction of sp³-hybridized carbons (Fsp3) is 0.286. The van der Waals surface area contributed by atoms with Gasteiger partial charge in [0.2, 0.25) is 0 Å². The minimum Gasteiger partial charge on any atom is -0.497 e. The van der Waals surface area contributed by atoms with E-state index in [2.05, 4.69) is 4.98 Å². The topological polar surface area (TPSA) is 88.6 Å². The Bertz CT molecular complexity index is 271. The summed E-state index contributed by atoms with van der Waals surface area (Å²) in [6.07, 6.45) is 1.51. The molecule has 1 aromatic heterocycles. The summed E-state index contributed by atoms with van der Waals surface area (Å²) in [5.74, 6) is 0.380. The highest BCUT2D eigenvalue weighted by atomic mass is 16.5. The summed E-state index contributed by atoms with van der Waals surface area (Å²) in [6, 6.07) is 1.55. The molecule has 5 nitrogen and oxygen atoms in total. The number of hydrogen-bond donors (Lipinski definition) is 3. The third kappa shape index (κ3) is 1.97. The summed E-state index contributed by atoms with van der Waals surface area (Å²) in [7, 11) is -0.163. The minimum absolute atomic E-state index is 0.143. The van der Waals surface area contributed by atoms with Gasteiger partial charge < -0.3 is 20.5 Å². The summed E-state index contributed by atoms with van der Waals surface area (Å²) in [5.41, 5.74) is 6.03. The normalized spacial score (nSPS) is 9.85. The number of methoxy groups -OCH3 is 1. The monoisotopic (exact) mass is 182 g/mol. The van der Waals surface area contributed by atoms with Crippen molar-refractivity contribution in [2.45, 2.75) is 6.54 Å². The second-order valence-electron chi connectivity index (χ2n) is 2.45. The van der Waals surface area contributed by atoms with Crippen molar-refractivity contribution in [3.63, 3.8) is 0 Å². The van der Waals surface area contributed by atoms with Gasteiger partial charge in [0.15, 0.2) is 0 Å². The highest BCUT2D eigenvalue weighted by molar-refractivity contribution is 6.60. The predicted octanol–water partition coefficient (Wildman–Crippen LogP) is -1.77. The SMILES string of the molecule is COc1ccnc(CN)c1B(O)O. The molecule has 0 spiro atoms. The van der Waals surface area contributed by atoms with Crippen molar-refractivity contribution >= 4 is 12.6 Å². The van der Waals surface area contributed by atoms with Gasteiger partial charge in [-0.3, -0.25) is 4.98 Å². The summed E-state index contributed by atoms with van der Waals surface area (Å²) in [6.45, 7) is 0.143. The van der Waals surface area contributed by atoms with Crippen LogP contribution in [-0.4, -0.2) is 29.3 Å². The Labute approximate surface area is 76.3 Å². The first-order valence-corrected chi connectivity index (χ1v) is 3.78. The molecule has 1 aromatic rings. The summed E-state index contributed by atoms with van der Waals surface area (Å²) in [4.78, 5) is 3.90. The molecule has 0 aliphatic rings. The molecule has 0 aliphatic heterocycles. The Hall–Kier alpha value is -1.11. The van der Waals surface area contributed by atoms with Crippen LogP contribution in [-0.2, 0) is 6.54 Å². The van der Waals surface area contributed by atoms with Crippen molar-refractivity contribution in [3.8, 4) is 5.75 Å². The average molecular weight is 182 g/mol. The van der Waals surface area contributed by atoms with Gasteiger partial charge in [0.25, 0.3) is 0 Å². The molecule has 6 heteroatoms. The van der Waals surface area contributed by atoms with E-state index in [1.165, 1.54) is 13.3 Å². The highest BCUT2D eigenvalue weighted by Crippen LogP contribution is 2.07. The molecule has 0 atom stereocenters. The van der Waals surface area contributed by atoms with Gasteiger partial charge in [0.05, 0.1) is 12.8 Å². The highest BCUT2D eigenvalue weighted by Gasteiger charge is 2.21. The third-order valence-corrected chi connectivity index (χ3v) is 1.70. The standard InChI is InChI=1S/C7H11BN2O3/c1-13-6-2-3-10-5(4-9)7(6)8(11)12/h2-3,11-12H,4,9H2,1H3. The molecular weight excluding hydrogens is 171 g/mol. The average Bonchev–Trinajstić information content (AvgIpc) is 2.16. The van der Waals surface area contributed by atoms with E-state index in [0.717, 1.165) is 0 Å². The fourth-order valence-electron chi connectivity index (χ4n) is 1.11. The Balaban J connectivity index is 3.21. The van der Waals surface area contributed by atoms with Crippen LogP contribution >= 0.6 is 0 Å². The second-order valence-corrected chi connectivity index (χ2v) is 2.45. The number of rotatable bonds is 3. The van der Waals surface area contributed by atoms with Gasteiger partial charge in [0.1, 0.15) is 5.75 Å². The number of nitrogens with two attached hydrogens (primary N) is 1. The molecule has 0 radical (unpaired) electrons. The molecule has 1 rings (SSSR count). The number of pyridine rings is 1. The Morgan fingerprint density at radius 2 is 2.31 bits per heavy atom. The largest absolute Gasteiger partial charge is 0.497 e. The van der Waals surface area contributed by atoms with Gasteiger partial charge in [-0.05, 0) is 6.07 Å². The Morgan fingerprint density at radius 1 is 1.62 bits per heavy atom. The van der Waals surface area contributed by atoms with Crippen LogP contribution in [0, 0.1) is 0 Å². The molecule has 4 N–H and O–H groups in total. The molecule has 0 saturated heterocycles. The van der Waals surface area contributed by atoms with Crippen LogP contribution in [0.3, 0.4) is 0 Å². The second kappa shape index (κ2) is 4.22. The molecule has 0 bridgehead atoms. The van der Waals surface area contributed by atoms with Crippen LogP contribution in [0.2, 0.25) is 0 Å². The van der Waals surface area contributed by atoms with Crippen molar-refractivity contribution in [2.24, 2.45) is 5.73 Å². The van der Waals surface area contributed by atoms with Crippen molar-refractivity contribution < 1.29 is 14.8 Å². The first-order chi connectivity index (χ1) is 6.20. The van der Waals surface area contributed by atoms with Crippen LogP contribution in [0.1, 0.15) is 5.69 Å². The van der Waals surface area contributed by atoms with Gasteiger partial charge in [-0.1, -0.05) is 0 Å². The maximum absolute atomic E-state index is 9.03. The molecule has 0 saturated carbocycles. The number of nitrogens with zero attached hydrogens (tertiary/aromatic N) is 1. The fourth-order valence-corrected chi connectivity index (χ4v) is 1.11. The maximum Gasteiger partial charge on any atom is 0.494 e. The van der Waals surface area contributed by atoms with Crippen molar-refractivity contribution in [2.75, 3.05) is 7.11 Å². The molecule has 0 aromatic carbocycles. The quantitative estimate of drug-likeness (QED) is 0.481. The van der Waals surface area contributed by atoms with E-state index in [1.807, 2.05) is 0 Å². The molecule has 0 unspecified atom stereocenters. The van der Waals surface area contributed by atoms with Crippen molar-refractivity contribution in [1.29, 1.82) is 0 Å². The lowest BCUT2D eigenvalue weighted by Crippen LogP contribution is -2.36. The predicted molar refractivity (Wildman–Crippen MR) is 48.5 cm³/mol. The van der Waals surface area contributed by atoms with E-state index in [-0.39, 0.29) is 12.0 Å². The molecule has 0 aliphatic carbocycles. The maximum atomic E-state index is 9.03. The van der Waals surface area contributed by atoms with Gasteiger partial charge in [-0.15, -0.1) is 0 Å². The van der Waals surface area contributed by atoms with E-state index in [9.17, 15) is 0 Å². The van der Waals surface area contributed by atoms with Crippen LogP contribution in [0.5, 0.6) is 5.75 Å². The minimum atomic E-state index is -1.61. The van der Waals surface area contributed by atoms with Crippen molar-refractivity contribution in [3.05, 3.63) is 18.0 Å². The van der Waals surface area contributed by atoms with E-state index >= 15 is 0 Å². The summed E-state index contributed by atoms with van der Waals surface area (Å²) >= 11 is 0. The zero-order valence-electron chi connectivity index (χ0n) is 7.27. The molecule has 70 valence electrons. The zero-order valence-corrected chi connectivity index (χ0v) is 7.27. The first kappa shape index (κ1) is 9.98. The molecule has 0 amide bonds. The van der Waals surface area contributed by atoms with Crippen LogP contribution < -0.4 is 15.9 Å². The lowest BCUT2D eigenvalue weighted by Gasteiger charge is -2.10. The van der Waals surface area contributed by atoms with E-state index < -0.39 is 7.12 Å². The van der Waals surface area contributed by atoms with Gasteiger partial charge in [-0.25, -0.2) is 0 Å². The van der Waals surface area contributed by atoms with E-state index in [4.69, 9.17) is 20.5 Å². The van der Waals surface area contributed by atoms with Crippen molar-refractivity contribution in [1.82, 2.24) is 4.98 Å². The molecule has 0 fully saturated rings. The molecular formula is C7H11BN2O3. The van der Waals surface area contributed by atoms with Gasteiger partial charge >= 0.3 is 7.12 Å². The van der Waals surface area contributed by atoms with Crippen LogP contribution in [0.15, 0.2) is 12.3 Å². The number of hydrogen-bond acceptors (Lipinski definition) is 5. The molecule has 1 heterocycles. The Morgan fingerprint density at radius 3 is 2.77 bits per heavy atom. The number of ether oxygens (including phenoxy) is 1. The Kier molecular flexibility index (Phi) is 3.24. The third-order valence-electron chi connectivity index (χ3n) is 1.70. The summed E-state index contributed by atoms with van der Waals surface area (Å²) < 4.78 is 4.93. The van der Waals surface area contributed by atoms with E-state index in [1.54, 1.807) is 6.07 Å². The number of aromatic nitrogens is 1.